The molecule has 5 nitrogen and oxygen atoms in total. The van der Waals surface area contributed by atoms with E-state index in [0.717, 1.165) is 18.4 Å². The fraction of sp³-hybridized carbons (Fsp3) is 0.538. The van der Waals surface area contributed by atoms with Gasteiger partial charge in [-0.1, -0.05) is 49.4 Å². The third-order valence-corrected chi connectivity index (χ3v) is 5.30. The molecule has 1 unspecified atom stereocenters. The predicted molar refractivity (Wildman–Crippen MR) is 131 cm³/mol. The second-order valence-corrected chi connectivity index (χ2v) is 13.1. The summed E-state index contributed by atoms with van der Waals surface area (Å²) in [6.45, 7) is 12.1. The molecule has 6 heteroatoms. The van der Waals surface area contributed by atoms with E-state index in [-0.39, 0.29) is 5.97 Å². The van der Waals surface area contributed by atoms with E-state index in [1.807, 2.05) is 25.1 Å². The largest absolute Gasteiger partial charge is 0.514 e. The first kappa shape index (κ1) is 27.8. The molecular formula is C26H40O5Si. The average Bonchev–Trinajstić information content (AvgIpc) is 2.74. The van der Waals surface area contributed by atoms with Gasteiger partial charge in [0.2, 0.25) is 8.32 Å². The smallest absolute Gasteiger partial charge is 0.313 e. The molecule has 0 fully saturated rings. The van der Waals surface area contributed by atoms with Crippen molar-refractivity contribution in [2.45, 2.75) is 65.8 Å². The Bertz CT molecular complexity index is 758. The molecule has 1 aromatic carbocycles. The van der Waals surface area contributed by atoms with Gasteiger partial charge in [0.25, 0.3) is 0 Å². The van der Waals surface area contributed by atoms with Gasteiger partial charge in [0.1, 0.15) is 0 Å². The normalized spacial score (nSPS) is 12.2. The van der Waals surface area contributed by atoms with Crippen molar-refractivity contribution in [2.24, 2.45) is 5.92 Å². The van der Waals surface area contributed by atoms with Crippen LogP contribution in [-0.2, 0) is 30.0 Å². The fourth-order valence-corrected chi connectivity index (χ4v) is 3.52. The summed E-state index contributed by atoms with van der Waals surface area (Å²) in [7, 11) is -0.415. The molecule has 0 saturated heterocycles. The molecule has 1 rings (SSSR count). The van der Waals surface area contributed by atoms with Gasteiger partial charge in [-0.2, -0.15) is 0 Å². The Morgan fingerprint density at radius 2 is 1.84 bits per heavy atom. The van der Waals surface area contributed by atoms with Gasteiger partial charge >= 0.3 is 11.9 Å². The minimum absolute atomic E-state index is 0.225. The zero-order chi connectivity index (χ0) is 23.8. The van der Waals surface area contributed by atoms with Crippen molar-refractivity contribution in [3.8, 4) is 0 Å². The minimum Gasteiger partial charge on any atom is -0.514 e. The van der Waals surface area contributed by atoms with Crippen molar-refractivity contribution in [2.75, 3.05) is 20.3 Å². The highest BCUT2D eigenvalue weighted by atomic mass is 28.4. The van der Waals surface area contributed by atoms with Crippen LogP contribution in [-0.4, -0.2) is 34.6 Å². The highest BCUT2D eigenvalue weighted by Crippen LogP contribution is 2.19. The van der Waals surface area contributed by atoms with Gasteiger partial charge in [0.05, 0.1) is 26.9 Å². The fourth-order valence-electron chi connectivity index (χ4n) is 2.85. The van der Waals surface area contributed by atoms with E-state index in [1.54, 1.807) is 0 Å². The van der Waals surface area contributed by atoms with E-state index >= 15 is 0 Å². The van der Waals surface area contributed by atoms with Gasteiger partial charge in [-0.15, -0.1) is 0 Å². The van der Waals surface area contributed by atoms with Crippen LogP contribution in [0.4, 0.5) is 0 Å². The number of esters is 1. The highest BCUT2D eigenvalue weighted by Gasteiger charge is 2.19. The summed E-state index contributed by atoms with van der Waals surface area (Å²) in [6, 6.07) is 10.2. The molecule has 178 valence electrons. The first-order valence-corrected chi connectivity index (χ1v) is 14.8. The van der Waals surface area contributed by atoms with Crippen LogP contribution >= 0.6 is 0 Å². The zero-order valence-corrected chi connectivity index (χ0v) is 21.6. The van der Waals surface area contributed by atoms with E-state index in [1.165, 1.54) is 12.7 Å². The van der Waals surface area contributed by atoms with Gasteiger partial charge in [-0.3, -0.25) is 4.79 Å². The number of carbonyl (C=O) groups is 1. The molecule has 0 aliphatic heterocycles. The summed E-state index contributed by atoms with van der Waals surface area (Å²) in [5, 5.41) is 0. The van der Waals surface area contributed by atoms with Crippen LogP contribution in [0.3, 0.4) is 0 Å². The maximum absolute atomic E-state index is 11.6. The Labute approximate surface area is 195 Å². The van der Waals surface area contributed by atoms with Crippen molar-refractivity contribution in [1.29, 1.82) is 0 Å². The first-order valence-electron chi connectivity index (χ1n) is 11.4. The van der Waals surface area contributed by atoms with Crippen molar-refractivity contribution >= 4 is 14.3 Å². The lowest BCUT2D eigenvalue weighted by Gasteiger charge is -2.20. The van der Waals surface area contributed by atoms with Crippen LogP contribution in [0.5, 0.6) is 0 Å². The number of rotatable bonds is 15. The molecule has 0 amide bonds. The minimum atomic E-state index is -1.83. The first-order chi connectivity index (χ1) is 15.2. The molecule has 0 radical (unpaired) electrons. The molecule has 0 bridgehead atoms. The molecule has 0 aromatic heterocycles. The van der Waals surface area contributed by atoms with Crippen LogP contribution in [0, 0.1) is 5.92 Å². The van der Waals surface area contributed by atoms with Crippen LogP contribution < -0.4 is 0 Å². The SMILES string of the molecule is CCOC(=C=C(CCC(=O)OC)CCC(C)/C=C\COCc1ccccc1)O[Si](C)(C)C. The Kier molecular flexibility index (Phi) is 13.5. The van der Waals surface area contributed by atoms with E-state index in [0.29, 0.717) is 44.5 Å². The Balaban J connectivity index is 2.68. The van der Waals surface area contributed by atoms with Crippen molar-refractivity contribution in [3.63, 3.8) is 0 Å². The average molecular weight is 461 g/mol. The molecule has 32 heavy (non-hydrogen) atoms. The number of hydrogen-bond acceptors (Lipinski definition) is 5. The Morgan fingerprint density at radius 3 is 2.47 bits per heavy atom. The number of ether oxygens (including phenoxy) is 3. The molecule has 1 aromatic rings. The molecule has 0 N–H and O–H groups in total. The summed E-state index contributed by atoms with van der Waals surface area (Å²) in [6.07, 6.45) is 6.89. The van der Waals surface area contributed by atoms with E-state index in [4.69, 9.17) is 18.6 Å². The summed E-state index contributed by atoms with van der Waals surface area (Å²) in [4.78, 5) is 11.6. The van der Waals surface area contributed by atoms with Gasteiger partial charge in [-0.05, 0) is 68.6 Å². The quantitative estimate of drug-likeness (QED) is 0.0758. The van der Waals surface area contributed by atoms with E-state index in [2.05, 4.69) is 56.6 Å². The number of hydrogen-bond donors (Lipinski definition) is 0. The molecule has 0 saturated carbocycles. The summed E-state index contributed by atoms with van der Waals surface area (Å²) >= 11 is 0. The lowest BCUT2D eigenvalue weighted by Crippen LogP contribution is -2.25. The van der Waals surface area contributed by atoms with Crippen LogP contribution in [0.25, 0.3) is 0 Å². The Hall–Kier alpha value is -2.27. The molecule has 0 heterocycles. The van der Waals surface area contributed by atoms with Gasteiger partial charge in [0.15, 0.2) is 0 Å². The third kappa shape index (κ3) is 13.9. The second kappa shape index (κ2) is 15.5. The predicted octanol–water partition coefficient (Wildman–Crippen LogP) is 6.38. The lowest BCUT2D eigenvalue weighted by molar-refractivity contribution is -0.140. The topological polar surface area (TPSA) is 54.0 Å². The van der Waals surface area contributed by atoms with Crippen LogP contribution in [0.15, 0.2) is 59.7 Å². The monoisotopic (exact) mass is 460 g/mol. The molecular weight excluding hydrogens is 420 g/mol. The molecule has 0 spiro atoms. The molecule has 0 aliphatic carbocycles. The van der Waals surface area contributed by atoms with Gasteiger partial charge < -0.3 is 18.6 Å². The molecule has 0 aliphatic rings. The number of carbonyl (C=O) groups excluding carboxylic acids is 1. The maximum atomic E-state index is 11.6. The zero-order valence-electron chi connectivity index (χ0n) is 20.6. The second-order valence-electron chi connectivity index (χ2n) is 8.68. The highest BCUT2D eigenvalue weighted by molar-refractivity contribution is 6.69. The maximum Gasteiger partial charge on any atom is 0.313 e. The Morgan fingerprint density at radius 1 is 1.12 bits per heavy atom. The summed E-state index contributed by atoms with van der Waals surface area (Å²) in [5.74, 6) is 0.583. The summed E-state index contributed by atoms with van der Waals surface area (Å²) < 4.78 is 22.2. The molecule has 1 atom stereocenters. The number of allylic oxidation sites excluding steroid dienone is 2. The van der Waals surface area contributed by atoms with Gasteiger partial charge in [0, 0.05) is 6.42 Å². The van der Waals surface area contributed by atoms with Crippen LogP contribution in [0.2, 0.25) is 19.6 Å². The van der Waals surface area contributed by atoms with E-state index < -0.39 is 8.32 Å². The van der Waals surface area contributed by atoms with Crippen molar-refractivity contribution in [1.82, 2.24) is 0 Å². The number of methoxy groups -OCH3 is 1. The van der Waals surface area contributed by atoms with Crippen LogP contribution in [0.1, 0.15) is 45.1 Å². The standard InChI is InChI=1S/C26H40O5Si/c1-7-30-26(31-32(4,5)6)20-23(17-18-25(27)28-3)16-15-22(2)12-11-19-29-21-24-13-9-8-10-14-24/h8-14,22H,7,15-19,21H2,1-6H3/b12-11-. The van der Waals surface area contributed by atoms with Gasteiger partial charge in [-0.25, -0.2) is 0 Å². The third-order valence-electron chi connectivity index (χ3n) is 4.50. The number of benzene rings is 1. The van der Waals surface area contributed by atoms with E-state index in [9.17, 15) is 4.79 Å². The van der Waals surface area contributed by atoms with Crippen molar-refractivity contribution < 1.29 is 23.4 Å². The summed E-state index contributed by atoms with van der Waals surface area (Å²) in [5.41, 5.74) is 5.49. The lowest BCUT2D eigenvalue weighted by atomic mass is 9.98. The van der Waals surface area contributed by atoms with Crippen molar-refractivity contribution in [3.05, 3.63) is 65.3 Å².